The molecule has 0 aromatic heterocycles. The molecule has 1 fully saturated rings. The predicted molar refractivity (Wildman–Crippen MR) is 136 cm³/mol. The van der Waals surface area contributed by atoms with Crippen LogP contribution in [0.1, 0.15) is 56.6 Å². The fourth-order valence-corrected chi connectivity index (χ4v) is 5.78. The lowest BCUT2D eigenvalue weighted by atomic mass is 9.83. The summed E-state index contributed by atoms with van der Waals surface area (Å²) in [6.07, 6.45) is 1.54. The molecule has 1 saturated heterocycles. The molecule has 1 N–H and O–H groups in total. The van der Waals surface area contributed by atoms with Gasteiger partial charge in [-0.1, -0.05) is 74.1 Å². The molecule has 186 valence electrons. The zero-order valence-electron chi connectivity index (χ0n) is 20.4. The van der Waals surface area contributed by atoms with Crippen molar-refractivity contribution in [1.29, 1.82) is 0 Å². The topological polar surface area (TPSA) is 76.1 Å². The molecule has 1 amide bonds. The van der Waals surface area contributed by atoms with E-state index in [9.17, 15) is 14.7 Å². The highest BCUT2D eigenvalue weighted by Gasteiger charge is 2.43. The van der Waals surface area contributed by atoms with E-state index in [4.69, 9.17) is 9.47 Å². The number of hydrogen-bond donors (Lipinski definition) is 1. The highest BCUT2D eigenvalue weighted by molar-refractivity contribution is 8.04. The van der Waals surface area contributed by atoms with Crippen LogP contribution in [0.25, 0.3) is 0 Å². The molecule has 1 unspecified atom stereocenters. The number of carbonyl (C=O) groups is 2. The molecule has 1 atom stereocenters. The number of aliphatic hydroxyl groups is 1. The molecule has 4 rings (SSSR count). The van der Waals surface area contributed by atoms with E-state index in [0.29, 0.717) is 45.6 Å². The minimum atomic E-state index is -1.00. The summed E-state index contributed by atoms with van der Waals surface area (Å²) in [6, 6.07) is 17.4. The van der Waals surface area contributed by atoms with Crippen LogP contribution >= 0.6 is 11.8 Å². The third-order valence-electron chi connectivity index (χ3n) is 6.58. The van der Waals surface area contributed by atoms with Crippen molar-refractivity contribution in [2.75, 3.05) is 26.3 Å². The van der Waals surface area contributed by atoms with Gasteiger partial charge in [-0.05, 0) is 36.0 Å². The van der Waals surface area contributed by atoms with E-state index >= 15 is 0 Å². The molecule has 0 saturated carbocycles. The van der Waals surface area contributed by atoms with Crippen LogP contribution in [-0.4, -0.2) is 48.2 Å². The van der Waals surface area contributed by atoms with E-state index in [1.54, 1.807) is 0 Å². The number of carbonyl (C=O) groups excluding carboxylic acids is 2. The highest BCUT2D eigenvalue weighted by Crippen LogP contribution is 2.46. The quantitative estimate of drug-likeness (QED) is 0.485. The molecular weight excluding hydrogens is 462 g/mol. The van der Waals surface area contributed by atoms with E-state index in [1.165, 1.54) is 11.8 Å². The average molecular weight is 496 g/mol. The van der Waals surface area contributed by atoms with Crippen LogP contribution < -0.4 is 0 Å². The van der Waals surface area contributed by atoms with Gasteiger partial charge in [-0.2, -0.15) is 0 Å². The Morgan fingerprint density at radius 1 is 1.09 bits per heavy atom. The number of amides is 1. The number of esters is 1. The van der Waals surface area contributed by atoms with Crippen molar-refractivity contribution < 1.29 is 24.2 Å². The SMILES string of the molecule is CC(C)c1ccccc1SC1=C(O)CC(CCCC(=O)N2CCOCC2)(c2ccccc2)OC1=O. The first-order valence-corrected chi connectivity index (χ1v) is 13.0. The minimum Gasteiger partial charge on any atom is -0.511 e. The third kappa shape index (κ3) is 5.90. The first kappa shape index (κ1) is 25.3. The Morgan fingerprint density at radius 3 is 2.46 bits per heavy atom. The van der Waals surface area contributed by atoms with Crippen LogP contribution in [-0.2, 0) is 24.7 Å². The summed E-state index contributed by atoms with van der Waals surface area (Å²) in [5, 5.41) is 11.1. The van der Waals surface area contributed by atoms with Crippen molar-refractivity contribution in [3.05, 3.63) is 76.4 Å². The van der Waals surface area contributed by atoms with Crippen LogP contribution in [0, 0.1) is 0 Å². The number of aliphatic hydroxyl groups excluding tert-OH is 1. The van der Waals surface area contributed by atoms with Gasteiger partial charge in [0, 0.05) is 24.4 Å². The van der Waals surface area contributed by atoms with Gasteiger partial charge in [-0.15, -0.1) is 0 Å². The van der Waals surface area contributed by atoms with Crippen LogP contribution in [0.5, 0.6) is 0 Å². The summed E-state index contributed by atoms with van der Waals surface area (Å²) in [4.78, 5) is 28.9. The number of cyclic esters (lactones) is 1. The number of nitrogens with zero attached hydrogens (tertiary/aromatic N) is 1. The van der Waals surface area contributed by atoms with Gasteiger partial charge in [0.25, 0.3) is 0 Å². The maximum atomic E-state index is 13.3. The number of thioether (sulfide) groups is 1. The summed E-state index contributed by atoms with van der Waals surface area (Å²) in [5.41, 5.74) is 0.937. The molecule has 2 heterocycles. The molecule has 2 aliphatic heterocycles. The summed E-state index contributed by atoms with van der Waals surface area (Å²) < 4.78 is 11.5. The number of benzene rings is 2. The van der Waals surface area contributed by atoms with Crippen LogP contribution in [0.4, 0.5) is 0 Å². The second-order valence-electron chi connectivity index (χ2n) is 9.34. The minimum absolute atomic E-state index is 0.0353. The maximum absolute atomic E-state index is 13.3. The Hall–Kier alpha value is -2.77. The number of hydrogen-bond acceptors (Lipinski definition) is 6. The second kappa shape index (κ2) is 11.3. The highest BCUT2D eigenvalue weighted by atomic mass is 32.2. The number of rotatable bonds is 8. The number of ether oxygens (including phenoxy) is 2. The molecule has 2 aromatic rings. The van der Waals surface area contributed by atoms with E-state index < -0.39 is 11.6 Å². The molecule has 0 radical (unpaired) electrons. The molecule has 0 bridgehead atoms. The van der Waals surface area contributed by atoms with Gasteiger partial charge in [0.05, 0.1) is 19.6 Å². The van der Waals surface area contributed by atoms with Crippen molar-refractivity contribution in [2.45, 2.75) is 55.9 Å². The Kier molecular flexibility index (Phi) is 8.19. The van der Waals surface area contributed by atoms with Gasteiger partial charge in [-0.25, -0.2) is 4.79 Å². The molecule has 6 nitrogen and oxygen atoms in total. The third-order valence-corrected chi connectivity index (χ3v) is 7.77. The fourth-order valence-electron chi connectivity index (χ4n) is 4.67. The lowest BCUT2D eigenvalue weighted by Crippen LogP contribution is -2.41. The van der Waals surface area contributed by atoms with Crippen molar-refractivity contribution in [1.82, 2.24) is 4.90 Å². The molecule has 2 aliphatic rings. The van der Waals surface area contributed by atoms with Gasteiger partial charge in [-0.3, -0.25) is 4.79 Å². The molecule has 2 aromatic carbocycles. The Bertz CT molecular complexity index is 1080. The van der Waals surface area contributed by atoms with Gasteiger partial charge >= 0.3 is 5.97 Å². The Balaban J connectivity index is 1.54. The zero-order chi connectivity index (χ0) is 24.8. The van der Waals surface area contributed by atoms with E-state index in [1.807, 2.05) is 59.5 Å². The molecule has 7 heteroatoms. The molecular formula is C28H33NO5S. The van der Waals surface area contributed by atoms with E-state index in [0.717, 1.165) is 16.0 Å². The smallest absolute Gasteiger partial charge is 0.349 e. The van der Waals surface area contributed by atoms with E-state index in [2.05, 4.69) is 13.8 Å². The molecule has 0 spiro atoms. The van der Waals surface area contributed by atoms with Gasteiger partial charge in [0.2, 0.25) is 5.91 Å². The average Bonchev–Trinajstić information content (AvgIpc) is 2.87. The summed E-state index contributed by atoms with van der Waals surface area (Å²) in [7, 11) is 0. The van der Waals surface area contributed by atoms with Crippen LogP contribution in [0.15, 0.2) is 70.2 Å². The second-order valence-corrected chi connectivity index (χ2v) is 10.4. The number of morpholine rings is 1. The Labute approximate surface area is 211 Å². The summed E-state index contributed by atoms with van der Waals surface area (Å²) in [5.74, 6) is -0.123. The zero-order valence-corrected chi connectivity index (χ0v) is 21.2. The first-order valence-electron chi connectivity index (χ1n) is 12.2. The van der Waals surface area contributed by atoms with Crippen molar-refractivity contribution in [3.63, 3.8) is 0 Å². The maximum Gasteiger partial charge on any atom is 0.349 e. The summed E-state index contributed by atoms with van der Waals surface area (Å²) in [6.45, 7) is 6.56. The lowest BCUT2D eigenvalue weighted by Gasteiger charge is -2.38. The van der Waals surface area contributed by atoms with Crippen molar-refractivity contribution in [2.24, 2.45) is 0 Å². The molecule has 35 heavy (non-hydrogen) atoms. The van der Waals surface area contributed by atoms with Gasteiger partial charge in [0.15, 0.2) is 0 Å². The lowest BCUT2D eigenvalue weighted by molar-refractivity contribution is -0.160. The van der Waals surface area contributed by atoms with Crippen molar-refractivity contribution >= 4 is 23.6 Å². The monoisotopic (exact) mass is 495 g/mol. The van der Waals surface area contributed by atoms with Gasteiger partial charge in [0.1, 0.15) is 16.3 Å². The molecule has 0 aliphatic carbocycles. The first-order chi connectivity index (χ1) is 16.9. The predicted octanol–water partition coefficient (Wildman–Crippen LogP) is 5.54. The fraction of sp³-hybridized carbons (Fsp3) is 0.429. The standard InChI is InChI=1S/C28H33NO5S/c1-20(2)22-11-6-7-12-24(22)35-26-23(30)19-28(34-27(26)32,21-9-4-3-5-10-21)14-8-13-25(31)29-15-17-33-18-16-29/h3-7,9-12,20,30H,8,13-19H2,1-2H3. The Morgan fingerprint density at radius 2 is 1.77 bits per heavy atom. The summed E-state index contributed by atoms with van der Waals surface area (Å²) >= 11 is 1.26. The van der Waals surface area contributed by atoms with E-state index in [-0.39, 0.29) is 28.9 Å². The largest absolute Gasteiger partial charge is 0.511 e. The van der Waals surface area contributed by atoms with Crippen LogP contribution in [0.3, 0.4) is 0 Å². The van der Waals surface area contributed by atoms with Gasteiger partial charge < -0.3 is 19.5 Å². The van der Waals surface area contributed by atoms with Crippen molar-refractivity contribution in [3.8, 4) is 0 Å². The van der Waals surface area contributed by atoms with Crippen LogP contribution in [0.2, 0.25) is 0 Å². The normalized spacial score (nSPS) is 20.8.